The fraction of sp³-hybridized carbons (Fsp3) is 0.500. The molecule has 0 atom stereocenters. The van der Waals surface area contributed by atoms with Gasteiger partial charge in [-0.1, -0.05) is 18.2 Å². The summed E-state index contributed by atoms with van der Waals surface area (Å²) in [6, 6.07) is 5.77. The topological polar surface area (TPSA) is 29.1 Å². The summed E-state index contributed by atoms with van der Waals surface area (Å²) < 4.78 is 38.2. The molecule has 0 bridgehead atoms. The van der Waals surface area contributed by atoms with E-state index in [0.29, 0.717) is 12.6 Å². The second-order valence-electron chi connectivity index (χ2n) is 4.85. The van der Waals surface area contributed by atoms with Crippen LogP contribution in [-0.2, 0) is 17.4 Å². The van der Waals surface area contributed by atoms with E-state index >= 15 is 0 Å². The molecule has 1 N–H and O–H groups in total. The van der Waals surface area contributed by atoms with Crippen LogP contribution >= 0.6 is 0 Å². The highest BCUT2D eigenvalue weighted by Crippen LogP contribution is 2.32. The summed E-state index contributed by atoms with van der Waals surface area (Å²) >= 11 is 0. The van der Waals surface area contributed by atoms with Gasteiger partial charge in [-0.2, -0.15) is 13.2 Å². The molecule has 0 spiro atoms. The number of benzene rings is 1. The lowest BCUT2D eigenvalue weighted by Gasteiger charge is -2.12. The van der Waals surface area contributed by atoms with E-state index in [1.807, 2.05) is 0 Å². The average molecular weight is 271 g/mol. The molecule has 2 nitrogen and oxygen atoms in total. The number of Topliss-reactive ketones (excluding diaryl/α,β-unsaturated/α-hetero) is 1. The largest absolute Gasteiger partial charge is 0.416 e. The molecule has 1 aliphatic carbocycles. The summed E-state index contributed by atoms with van der Waals surface area (Å²) in [7, 11) is 0. The Hall–Kier alpha value is -1.36. The zero-order valence-electron chi connectivity index (χ0n) is 10.5. The van der Waals surface area contributed by atoms with Gasteiger partial charge in [-0.25, -0.2) is 0 Å². The lowest BCUT2D eigenvalue weighted by Crippen LogP contribution is -2.21. The van der Waals surface area contributed by atoms with Gasteiger partial charge in [0.1, 0.15) is 5.78 Å². The quantitative estimate of drug-likeness (QED) is 0.862. The van der Waals surface area contributed by atoms with Crippen molar-refractivity contribution in [3.63, 3.8) is 0 Å². The zero-order valence-corrected chi connectivity index (χ0v) is 10.5. The number of hydrogen-bond donors (Lipinski definition) is 1. The molecule has 1 saturated carbocycles. The molecule has 5 heteroatoms. The van der Waals surface area contributed by atoms with Crippen LogP contribution in [0.4, 0.5) is 13.2 Å². The van der Waals surface area contributed by atoms with E-state index in [1.165, 1.54) is 18.2 Å². The molecule has 0 radical (unpaired) electrons. The van der Waals surface area contributed by atoms with E-state index in [0.717, 1.165) is 18.9 Å². The Bertz CT molecular complexity index is 452. The van der Waals surface area contributed by atoms with Crippen LogP contribution < -0.4 is 5.32 Å². The van der Waals surface area contributed by atoms with Gasteiger partial charge in [-0.05, 0) is 24.5 Å². The van der Waals surface area contributed by atoms with Crippen LogP contribution in [0.3, 0.4) is 0 Å². The van der Waals surface area contributed by atoms with Crippen molar-refractivity contribution in [2.45, 2.75) is 37.9 Å². The van der Waals surface area contributed by atoms with Crippen molar-refractivity contribution in [3.8, 4) is 0 Å². The first-order valence-electron chi connectivity index (χ1n) is 6.37. The Labute approximate surface area is 110 Å². The second kappa shape index (κ2) is 5.74. The standard InChI is InChI=1S/C14H16F3NO/c15-14(16,17)13-4-2-1-3-10(13)9-12(19)7-8-18-11-5-6-11/h1-4,11,18H,5-9H2. The molecule has 0 amide bonds. The van der Waals surface area contributed by atoms with Crippen LogP contribution in [0, 0.1) is 0 Å². The minimum atomic E-state index is -4.40. The fourth-order valence-corrected chi connectivity index (χ4v) is 1.95. The van der Waals surface area contributed by atoms with Crippen molar-refractivity contribution < 1.29 is 18.0 Å². The Balaban J connectivity index is 1.91. The first-order chi connectivity index (χ1) is 8.97. The van der Waals surface area contributed by atoms with Crippen molar-refractivity contribution >= 4 is 5.78 Å². The van der Waals surface area contributed by atoms with Crippen LogP contribution in [0.25, 0.3) is 0 Å². The number of carbonyl (C=O) groups excluding carboxylic acids is 1. The summed E-state index contributed by atoms with van der Waals surface area (Å²) in [5, 5.41) is 3.18. The zero-order chi connectivity index (χ0) is 13.9. The number of alkyl halides is 3. The predicted octanol–water partition coefficient (Wildman–Crippen LogP) is 2.96. The maximum Gasteiger partial charge on any atom is 0.416 e. The van der Waals surface area contributed by atoms with Crippen molar-refractivity contribution in [1.82, 2.24) is 5.32 Å². The highest BCUT2D eigenvalue weighted by Gasteiger charge is 2.33. The van der Waals surface area contributed by atoms with Crippen LogP contribution in [0.1, 0.15) is 30.4 Å². The highest BCUT2D eigenvalue weighted by molar-refractivity contribution is 5.81. The molecule has 1 aromatic carbocycles. The summed E-state index contributed by atoms with van der Waals surface area (Å²) in [6.45, 7) is 0.553. The van der Waals surface area contributed by atoms with Crippen molar-refractivity contribution in [1.29, 1.82) is 0 Å². The Morgan fingerprint density at radius 2 is 1.95 bits per heavy atom. The van der Waals surface area contributed by atoms with Gasteiger partial charge in [0.05, 0.1) is 5.56 Å². The van der Waals surface area contributed by atoms with E-state index in [1.54, 1.807) is 0 Å². The first kappa shape index (κ1) is 14.1. The third-order valence-electron chi connectivity index (χ3n) is 3.12. The van der Waals surface area contributed by atoms with Crippen LogP contribution in [0.2, 0.25) is 0 Å². The monoisotopic (exact) mass is 271 g/mol. The summed E-state index contributed by atoms with van der Waals surface area (Å²) in [4.78, 5) is 11.7. The van der Waals surface area contributed by atoms with Gasteiger partial charge in [0, 0.05) is 25.4 Å². The number of hydrogen-bond acceptors (Lipinski definition) is 2. The first-order valence-corrected chi connectivity index (χ1v) is 6.37. The Morgan fingerprint density at radius 3 is 2.58 bits per heavy atom. The second-order valence-corrected chi connectivity index (χ2v) is 4.85. The van der Waals surface area contributed by atoms with E-state index < -0.39 is 11.7 Å². The summed E-state index contributed by atoms with van der Waals surface area (Å²) in [5.41, 5.74) is -0.648. The lowest BCUT2D eigenvalue weighted by molar-refractivity contribution is -0.138. The maximum atomic E-state index is 12.7. The van der Waals surface area contributed by atoms with Crippen LogP contribution in [-0.4, -0.2) is 18.4 Å². The van der Waals surface area contributed by atoms with Gasteiger partial charge >= 0.3 is 6.18 Å². The van der Waals surface area contributed by atoms with E-state index in [4.69, 9.17) is 0 Å². The normalized spacial score (nSPS) is 15.5. The van der Waals surface area contributed by atoms with Crippen LogP contribution in [0.5, 0.6) is 0 Å². The minimum absolute atomic E-state index is 0.0615. The smallest absolute Gasteiger partial charge is 0.314 e. The van der Waals surface area contributed by atoms with Crippen molar-refractivity contribution in [2.75, 3.05) is 6.54 Å². The number of carbonyl (C=O) groups is 1. The Kier molecular flexibility index (Phi) is 4.24. The van der Waals surface area contributed by atoms with Crippen molar-refractivity contribution in [3.05, 3.63) is 35.4 Å². The molecule has 0 unspecified atom stereocenters. The Morgan fingerprint density at radius 1 is 1.26 bits per heavy atom. The van der Waals surface area contributed by atoms with Gasteiger partial charge in [0.15, 0.2) is 0 Å². The van der Waals surface area contributed by atoms with E-state index in [-0.39, 0.29) is 24.2 Å². The van der Waals surface area contributed by atoms with Gasteiger partial charge in [-0.15, -0.1) is 0 Å². The molecular weight excluding hydrogens is 255 g/mol. The van der Waals surface area contributed by atoms with E-state index in [9.17, 15) is 18.0 Å². The lowest BCUT2D eigenvalue weighted by atomic mass is 10.0. The van der Waals surface area contributed by atoms with Gasteiger partial charge < -0.3 is 5.32 Å². The number of rotatable bonds is 6. The molecule has 19 heavy (non-hydrogen) atoms. The molecule has 2 rings (SSSR count). The van der Waals surface area contributed by atoms with Gasteiger partial charge in [0.25, 0.3) is 0 Å². The minimum Gasteiger partial charge on any atom is -0.314 e. The number of ketones is 1. The van der Waals surface area contributed by atoms with Crippen LogP contribution in [0.15, 0.2) is 24.3 Å². The number of nitrogens with one attached hydrogen (secondary N) is 1. The SMILES string of the molecule is O=C(CCNC1CC1)Cc1ccccc1C(F)(F)F. The van der Waals surface area contributed by atoms with E-state index in [2.05, 4.69) is 5.32 Å². The predicted molar refractivity (Wildman–Crippen MR) is 65.8 cm³/mol. The molecular formula is C14H16F3NO. The highest BCUT2D eigenvalue weighted by atomic mass is 19.4. The number of halogens is 3. The molecule has 0 saturated heterocycles. The maximum absolute atomic E-state index is 12.7. The molecule has 1 aromatic rings. The third kappa shape index (κ3) is 4.35. The van der Waals surface area contributed by atoms with Gasteiger partial charge in [0.2, 0.25) is 0 Å². The fourth-order valence-electron chi connectivity index (χ4n) is 1.95. The molecule has 0 aromatic heterocycles. The summed E-state index contributed by atoms with van der Waals surface area (Å²) in [6.07, 6.45) is -2.01. The summed E-state index contributed by atoms with van der Waals surface area (Å²) in [5.74, 6) is -0.162. The molecule has 0 aliphatic heterocycles. The molecule has 1 fully saturated rings. The molecule has 1 aliphatic rings. The van der Waals surface area contributed by atoms with Gasteiger partial charge in [-0.3, -0.25) is 4.79 Å². The van der Waals surface area contributed by atoms with Crippen molar-refractivity contribution in [2.24, 2.45) is 0 Å². The molecule has 104 valence electrons. The molecule has 0 heterocycles. The third-order valence-corrected chi connectivity index (χ3v) is 3.12. The average Bonchev–Trinajstić information content (AvgIpc) is 3.12.